The van der Waals surface area contributed by atoms with Gasteiger partial charge in [0, 0.05) is 32.2 Å². The molecule has 0 amide bonds. The second kappa shape index (κ2) is 33.2. The number of H-pyrrole nitrogens is 1. The number of aromatic amines is 1. The van der Waals surface area contributed by atoms with Crippen LogP contribution in [0.4, 0.5) is 0 Å². The van der Waals surface area contributed by atoms with E-state index in [4.69, 9.17) is 0 Å². The summed E-state index contributed by atoms with van der Waals surface area (Å²) in [5, 5.41) is 0. The normalized spacial score (nSPS) is 3.64. The van der Waals surface area contributed by atoms with Crippen LogP contribution in [0.2, 0.25) is 0 Å². The Labute approximate surface area is 80.5 Å². The second-order valence-corrected chi connectivity index (χ2v) is 0.885. The van der Waals surface area contributed by atoms with Gasteiger partial charge in [-0.1, -0.05) is 0 Å². The molecule has 0 unspecified atom stereocenters. The summed E-state index contributed by atoms with van der Waals surface area (Å²) in [6.07, 6.45) is 3.75. The van der Waals surface area contributed by atoms with Crippen molar-refractivity contribution in [2.45, 2.75) is 0 Å². The van der Waals surface area contributed by atoms with Crippen LogP contribution in [0.25, 0.3) is 0 Å². The van der Waals surface area contributed by atoms with Gasteiger partial charge >= 0.3 is 0 Å². The van der Waals surface area contributed by atoms with Gasteiger partial charge < -0.3 is 35.7 Å². The van der Waals surface area contributed by atoms with Crippen molar-refractivity contribution in [2.24, 2.45) is 0 Å². The van der Waals surface area contributed by atoms with E-state index in [1.54, 1.807) is 0 Å². The zero-order valence-corrected chi connectivity index (χ0v) is 9.24. The Kier molecular flexibility index (Phi) is 137. The van der Waals surface area contributed by atoms with Crippen LogP contribution in [0.1, 0.15) is 0 Å². The molecule has 11 heavy (non-hydrogen) atoms. The minimum Gasteiger partial charge on any atom is -0.368 e. The summed E-state index contributed by atoms with van der Waals surface area (Å²) < 4.78 is 0. The van der Waals surface area contributed by atoms with Crippen LogP contribution in [-0.4, -0.2) is 4.98 Å². The first kappa shape index (κ1) is 45.5. The van der Waals surface area contributed by atoms with E-state index < -0.39 is 0 Å². The summed E-state index contributed by atoms with van der Waals surface area (Å²) in [4.78, 5) is 2.86. The smallest absolute Gasteiger partial charge is 0.000496 e. The molecular formula is C4H20N6Os. The third kappa shape index (κ3) is 26.0. The molecule has 0 fully saturated rings. The maximum atomic E-state index is 2.86. The van der Waals surface area contributed by atoms with E-state index in [1.807, 2.05) is 24.5 Å². The van der Waals surface area contributed by atoms with Gasteiger partial charge in [-0.05, 0) is 12.1 Å². The Morgan fingerprint density at radius 2 is 0.909 bits per heavy atom. The Balaban J connectivity index is -0.0000000104. The Bertz CT molecular complexity index is 71.1. The van der Waals surface area contributed by atoms with Gasteiger partial charge in [-0.2, -0.15) is 0 Å². The fraction of sp³-hybridized carbons (Fsp3) is 0. The fourth-order valence-corrected chi connectivity index (χ4v) is 0.278. The number of hydrogen-bond donors (Lipinski definition) is 6. The summed E-state index contributed by atoms with van der Waals surface area (Å²) in [6, 6.07) is 3.89. The zero-order chi connectivity index (χ0) is 3.54. The van der Waals surface area contributed by atoms with Crippen LogP contribution >= 0.6 is 0 Å². The van der Waals surface area contributed by atoms with Crippen molar-refractivity contribution in [2.75, 3.05) is 0 Å². The van der Waals surface area contributed by atoms with Gasteiger partial charge in [-0.15, -0.1) is 0 Å². The van der Waals surface area contributed by atoms with Gasteiger partial charge in [0.15, 0.2) is 0 Å². The molecule has 0 spiro atoms. The van der Waals surface area contributed by atoms with Crippen LogP contribution in [0.15, 0.2) is 24.5 Å². The third-order valence-electron chi connectivity index (χ3n) is 0.496. The molecule has 0 bridgehead atoms. The molecule has 1 rings (SSSR count). The van der Waals surface area contributed by atoms with Gasteiger partial charge in [0.05, 0.1) is 0 Å². The molecule has 0 aliphatic rings. The summed E-state index contributed by atoms with van der Waals surface area (Å²) in [7, 11) is 0. The zero-order valence-electron chi connectivity index (χ0n) is 6.70. The van der Waals surface area contributed by atoms with E-state index in [2.05, 4.69) is 4.98 Å². The number of rotatable bonds is 0. The first-order valence-corrected chi connectivity index (χ1v) is 1.58. The first-order chi connectivity index (χ1) is 2.50. The van der Waals surface area contributed by atoms with Crippen LogP contribution in [0.3, 0.4) is 0 Å². The quantitative estimate of drug-likeness (QED) is 0.418. The van der Waals surface area contributed by atoms with Gasteiger partial charge in [0.1, 0.15) is 0 Å². The molecule has 0 aliphatic heterocycles. The summed E-state index contributed by atoms with van der Waals surface area (Å²) in [5.74, 6) is 0. The molecule has 1 heterocycles. The molecule has 7 heteroatoms. The fourth-order valence-electron chi connectivity index (χ4n) is 0.278. The van der Waals surface area contributed by atoms with E-state index >= 15 is 0 Å². The minimum atomic E-state index is 0. The average molecular weight is 342 g/mol. The first-order valence-electron chi connectivity index (χ1n) is 1.58. The van der Waals surface area contributed by atoms with E-state index in [-0.39, 0.29) is 50.5 Å². The van der Waals surface area contributed by atoms with Crippen LogP contribution in [0, 0.1) is 0 Å². The summed E-state index contributed by atoms with van der Waals surface area (Å²) in [6.45, 7) is 0. The monoisotopic (exact) mass is 344 g/mol. The van der Waals surface area contributed by atoms with E-state index in [1.165, 1.54) is 0 Å². The Hall–Kier alpha value is -0.284. The van der Waals surface area contributed by atoms with Crippen LogP contribution < -0.4 is 30.8 Å². The summed E-state index contributed by atoms with van der Waals surface area (Å²) in [5.41, 5.74) is 0. The standard InChI is InChI=1S/C4H5N.5H3N.Os/c1-2-4-5-3-1;;;;;;/h1-5H;5*1H3;. The summed E-state index contributed by atoms with van der Waals surface area (Å²) >= 11 is 0. The van der Waals surface area contributed by atoms with E-state index in [0.29, 0.717) is 0 Å². The predicted molar refractivity (Wildman–Crippen MR) is 45.9 cm³/mol. The molecule has 0 aromatic carbocycles. The van der Waals surface area contributed by atoms with Crippen molar-refractivity contribution in [3.8, 4) is 0 Å². The average Bonchev–Trinajstić information content (AvgIpc) is 1.76. The van der Waals surface area contributed by atoms with Gasteiger partial charge in [0.2, 0.25) is 0 Å². The molecule has 0 saturated heterocycles. The maximum Gasteiger partial charge on any atom is 0.000496 e. The van der Waals surface area contributed by atoms with Gasteiger partial charge in [-0.25, -0.2) is 0 Å². The van der Waals surface area contributed by atoms with Crippen molar-refractivity contribution in [3.05, 3.63) is 24.5 Å². The third-order valence-corrected chi connectivity index (χ3v) is 0.496. The van der Waals surface area contributed by atoms with Crippen LogP contribution in [-0.2, 0) is 19.8 Å². The van der Waals surface area contributed by atoms with Crippen molar-refractivity contribution in [3.63, 3.8) is 0 Å². The Morgan fingerprint density at radius 3 is 1.00 bits per heavy atom. The molecule has 0 saturated carbocycles. The number of aromatic nitrogens is 1. The Morgan fingerprint density at radius 1 is 0.636 bits per heavy atom. The molecular weight excluding hydrogens is 322 g/mol. The molecule has 16 N–H and O–H groups in total. The molecule has 0 radical (unpaired) electrons. The largest absolute Gasteiger partial charge is 0.368 e. The minimum absolute atomic E-state index is 0. The molecule has 0 aliphatic carbocycles. The van der Waals surface area contributed by atoms with Crippen LogP contribution in [0.5, 0.6) is 0 Å². The predicted octanol–water partition coefficient (Wildman–Crippen LogP) is 1.82. The molecule has 1 aromatic heterocycles. The van der Waals surface area contributed by atoms with Gasteiger partial charge in [-0.3, -0.25) is 0 Å². The molecule has 0 atom stereocenters. The van der Waals surface area contributed by atoms with Crippen molar-refractivity contribution in [1.82, 2.24) is 35.7 Å². The van der Waals surface area contributed by atoms with Crippen molar-refractivity contribution < 1.29 is 19.8 Å². The second-order valence-electron chi connectivity index (χ2n) is 0.885. The van der Waals surface area contributed by atoms with E-state index in [9.17, 15) is 0 Å². The maximum absolute atomic E-state index is 2.86. The molecule has 6 nitrogen and oxygen atoms in total. The van der Waals surface area contributed by atoms with Crippen molar-refractivity contribution >= 4 is 0 Å². The number of hydrogen-bond acceptors (Lipinski definition) is 5. The number of nitrogens with one attached hydrogen (secondary N) is 1. The molecule has 1 aromatic rings. The van der Waals surface area contributed by atoms with Crippen molar-refractivity contribution in [1.29, 1.82) is 0 Å². The molecule has 74 valence electrons. The topological polar surface area (TPSA) is 191 Å². The SMILES string of the molecule is N.N.N.N.N.[Os].c1cc[nH]c1. The van der Waals surface area contributed by atoms with E-state index in [0.717, 1.165) is 0 Å². The van der Waals surface area contributed by atoms with Gasteiger partial charge in [0.25, 0.3) is 0 Å².